The lowest BCUT2D eigenvalue weighted by Crippen LogP contribution is -2.60. The highest BCUT2D eigenvalue weighted by Crippen LogP contribution is 2.55. The van der Waals surface area contributed by atoms with E-state index in [9.17, 15) is 27.5 Å². The Kier molecular flexibility index (Phi) is 5.40. The molecule has 1 aliphatic carbocycles. The van der Waals surface area contributed by atoms with Gasteiger partial charge in [-0.3, -0.25) is 4.79 Å². The van der Waals surface area contributed by atoms with E-state index in [0.717, 1.165) is 11.5 Å². The number of nitrogens with one attached hydrogen (secondary N) is 1. The summed E-state index contributed by atoms with van der Waals surface area (Å²) >= 11 is 0. The monoisotopic (exact) mass is 461 g/mol. The van der Waals surface area contributed by atoms with Gasteiger partial charge in [-0.15, -0.1) is 0 Å². The number of halogens is 4. The van der Waals surface area contributed by atoms with Crippen molar-refractivity contribution in [1.82, 2.24) is 5.32 Å². The first-order valence-electron chi connectivity index (χ1n) is 10.4. The van der Waals surface area contributed by atoms with Crippen molar-refractivity contribution in [2.24, 2.45) is 0 Å². The minimum Gasteiger partial charge on any atom is -0.493 e. The molecule has 33 heavy (non-hydrogen) atoms. The van der Waals surface area contributed by atoms with Crippen molar-refractivity contribution < 1.29 is 32.2 Å². The smallest absolute Gasteiger partial charge is 0.419 e. The molecule has 4 nitrogen and oxygen atoms in total. The average molecular weight is 461 g/mol. The number of amides is 1. The molecule has 0 aromatic heterocycles. The molecule has 2 atom stereocenters. The largest absolute Gasteiger partial charge is 0.493 e. The lowest BCUT2D eigenvalue weighted by Gasteiger charge is -2.49. The summed E-state index contributed by atoms with van der Waals surface area (Å²) < 4.78 is 62.5. The Morgan fingerprint density at radius 2 is 1.76 bits per heavy atom. The highest BCUT2D eigenvalue weighted by atomic mass is 19.4. The number of fused-ring (bicyclic) bond motifs is 2. The van der Waals surface area contributed by atoms with Crippen LogP contribution in [0.5, 0.6) is 5.75 Å². The summed E-state index contributed by atoms with van der Waals surface area (Å²) in [7, 11) is 1.23. The van der Waals surface area contributed by atoms with E-state index in [1.807, 2.05) is 0 Å². The van der Waals surface area contributed by atoms with Crippen LogP contribution >= 0.6 is 0 Å². The number of carbonyl (C=O) groups excluding carboxylic acids is 1. The van der Waals surface area contributed by atoms with Crippen molar-refractivity contribution in [1.29, 1.82) is 0 Å². The van der Waals surface area contributed by atoms with Crippen LogP contribution in [0.2, 0.25) is 0 Å². The van der Waals surface area contributed by atoms with Gasteiger partial charge in [-0.2, -0.15) is 13.2 Å². The lowest BCUT2D eigenvalue weighted by atomic mass is 9.63. The molecule has 2 N–H and O–H groups in total. The molecule has 0 radical (unpaired) electrons. The van der Waals surface area contributed by atoms with Gasteiger partial charge in [0.15, 0.2) is 17.2 Å². The van der Waals surface area contributed by atoms with Gasteiger partial charge in [-0.1, -0.05) is 56.3 Å². The standard InChI is InChI=1S/C25H23F4NO3/c1-23(2)13-24(32,25(27,28)29)21(17-11-12-18(26)20(33-3)19(17)23)30-22(31)16-10-6-8-14-7-4-5-9-15(14)16/h4-12,21,32H,13H2,1-3H3,(H,30,31)/t21-,24-/m1/s1. The summed E-state index contributed by atoms with van der Waals surface area (Å²) in [6.45, 7) is 2.96. The maximum atomic E-state index is 14.5. The number of benzene rings is 3. The second kappa shape index (κ2) is 7.73. The molecule has 3 aromatic rings. The molecule has 0 saturated heterocycles. The topological polar surface area (TPSA) is 58.6 Å². The van der Waals surface area contributed by atoms with Gasteiger partial charge in [0.1, 0.15) is 0 Å². The van der Waals surface area contributed by atoms with Gasteiger partial charge >= 0.3 is 6.18 Å². The Balaban J connectivity index is 1.90. The first kappa shape index (κ1) is 23.0. The summed E-state index contributed by atoms with van der Waals surface area (Å²) in [5.74, 6) is -1.72. The SMILES string of the molecule is COc1c(F)ccc2c1C(C)(C)C[C@](O)(C(F)(F)F)[C@@H]2NC(=O)c1cccc2ccccc12. The molecule has 0 bridgehead atoms. The van der Waals surface area contributed by atoms with E-state index >= 15 is 0 Å². The number of hydrogen-bond donors (Lipinski definition) is 2. The molecule has 0 fully saturated rings. The third-order valence-electron chi connectivity index (χ3n) is 6.32. The third-order valence-corrected chi connectivity index (χ3v) is 6.32. The predicted octanol–water partition coefficient (Wildman–Crippen LogP) is 5.43. The van der Waals surface area contributed by atoms with E-state index in [0.29, 0.717) is 5.39 Å². The molecular weight excluding hydrogens is 438 g/mol. The Morgan fingerprint density at radius 1 is 1.09 bits per heavy atom. The molecule has 0 saturated carbocycles. The van der Waals surface area contributed by atoms with E-state index in [2.05, 4.69) is 5.32 Å². The zero-order chi connectivity index (χ0) is 24.2. The summed E-state index contributed by atoms with van der Waals surface area (Å²) in [4.78, 5) is 13.2. The molecule has 8 heteroatoms. The molecular formula is C25H23F4NO3. The Labute approximate surface area is 188 Å². The van der Waals surface area contributed by atoms with Crippen LogP contribution in [0.15, 0.2) is 54.6 Å². The van der Waals surface area contributed by atoms with Crippen LogP contribution in [0, 0.1) is 5.82 Å². The highest BCUT2D eigenvalue weighted by Gasteiger charge is 2.64. The Hall–Kier alpha value is -3.13. The molecule has 0 spiro atoms. The fourth-order valence-electron chi connectivity index (χ4n) is 4.93. The van der Waals surface area contributed by atoms with Gasteiger partial charge in [0.2, 0.25) is 0 Å². The molecule has 1 aliphatic rings. The zero-order valence-corrected chi connectivity index (χ0v) is 18.3. The fourth-order valence-corrected chi connectivity index (χ4v) is 4.93. The van der Waals surface area contributed by atoms with Gasteiger partial charge in [0, 0.05) is 11.1 Å². The normalized spacial score (nSPS) is 22.0. The van der Waals surface area contributed by atoms with Crippen LogP contribution in [0.1, 0.15) is 47.8 Å². The van der Waals surface area contributed by atoms with Gasteiger partial charge < -0.3 is 15.2 Å². The number of alkyl halides is 3. The van der Waals surface area contributed by atoms with Crippen molar-refractivity contribution in [3.05, 3.63) is 77.1 Å². The van der Waals surface area contributed by atoms with E-state index < -0.39 is 41.4 Å². The van der Waals surface area contributed by atoms with E-state index in [1.165, 1.54) is 33.1 Å². The summed E-state index contributed by atoms with van der Waals surface area (Å²) in [5, 5.41) is 14.7. The van der Waals surface area contributed by atoms with Crippen molar-refractivity contribution in [3.63, 3.8) is 0 Å². The van der Waals surface area contributed by atoms with Gasteiger partial charge in [-0.25, -0.2) is 4.39 Å². The van der Waals surface area contributed by atoms with Crippen LogP contribution in [-0.4, -0.2) is 29.9 Å². The number of aliphatic hydroxyl groups is 1. The molecule has 1 amide bonds. The van der Waals surface area contributed by atoms with Crippen molar-refractivity contribution >= 4 is 16.7 Å². The van der Waals surface area contributed by atoms with Crippen molar-refractivity contribution in [3.8, 4) is 5.75 Å². The van der Waals surface area contributed by atoms with Gasteiger partial charge in [0.25, 0.3) is 5.91 Å². The number of rotatable bonds is 3. The van der Waals surface area contributed by atoms with Crippen molar-refractivity contribution in [2.75, 3.05) is 7.11 Å². The highest BCUT2D eigenvalue weighted by molar-refractivity contribution is 6.07. The number of ether oxygens (including phenoxy) is 1. The molecule has 3 aromatic carbocycles. The van der Waals surface area contributed by atoms with E-state index in [-0.39, 0.29) is 22.4 Å². The van der Waals surface area contributed by atoms with Gasteiger partial charge in [-0.05, 0) is 40.3 Å². The quantitative estimate of drug-likeness (QED) is 0.511. The molecule has 0 unspecified atom stereocenters. The average Bonchev–Trinajstić information content (AvgIpc) is 2.75. The summed E-state index contributed by atoms with van der Waals surface area (Å²) in [6, 6.07) is 12.2. The third kappa shape index (κ3) is 3.62. The number of carbonyl (C=O) groups is 1. The molecule has 0 aliphatic heterocycles. The zero-order valence-electron chi connectivity index (χ0n) is 18.3. The Bertz CT molecular complexity index is 1230. The second-order valence-corrected chi connectivity index (χ2v) is 8.96. The number of hydrogen-bond acceptors (Lipinski definition) is 3. The van der Waals surface area contributed by atoms with Crippen LogP contribution in [0.4, 0.5) is 17.6 Å². The Morgan fingerprint density at radius 3 is 2.42 bits per heavy atom. The van der Waals surface area contributed by atoms with Crippen LogP contribution in [0.3, 0.4) is 0 Å². The predicted molar refractivity (Wildman–Crippen MR) is 116 cm³/mol. The van der Waals surface area contributed by atoms with Gasteiger partial charge in [0.05, 0.1) is 13.2 Å². The van der Waals surface area contributed by atoms with E-state index in [1.54, 1.807) is 36.4 Å². The second-order valence-electron chi connectivity index (χ2n) is 8.96. The molecule has 174 valence electrons. The van der Waals surface area contributed by atoms with Crippen LogP contribution in [-0.2, 0) is 5.41 Å². The first-order chi connectivity index (χ1) is 15.4. The summed E-state index contributed by atoms with van der Waals surface area (Å²) in [5.41, 5.74) is -4.28. The minimum atomic E-state index is -5.07. The maximum Gasteiger partial charge on any atom is 0.419 e. The van der Waals surface area contributed by atoms with E-state index in [4.69, 9.17) is 4.74 Å². The molecule has 0 heterocycles. The molecule has 4 rings (SSSR count). The fraction of sp³-hybridized carbons (Fsp3) is 0.320. The number of methoxy groups -OCH3 is 1. The minimum absolute atomic E-state index is 0.0436. The summed E-state index contributed by atoms with van der Waals surface area (Å²) in [6.07, 6.45) is -5.86. The van der Waals surface area contributed by atoms with Crippen molar-refractivity contribution in [2.45, 2.75) is 43.5 Å². The van der Waals surface area contributed by atoms with Crippen LogP contribution in [0.25, 0.3) is 10.8 Å². The maximum absolute atomic E-state index is 14.5. The lowest BCUT2D eigenvalue weighted by molar-refractivity contribution is -0.280. The van der Waals surface area contributed by atoms with Crippen LogP contribution < -0.4 is 10.1 Å². The first-order valence-corrected chi connectivity index (χ1v) is 10.4.